The Bertz CT molecular complexity index is 2850. The van der Waals surface area contributed by atoms with Crippen LogP contribution in [0.1, 0.15) is 64.0 Å². The normalized spacial score (nSPS) is 18.5. The van der Waals surface area contributed by atoms with Crippen molar-refractivity contribution in [3.8, 4) is 11.3 Å². The Hall–Kier alpha value is -6.12. The Balaban J connectivity index is 1.06. The van der Waals surface area contributed by atoms with Gasteiger partial charge in [0.2, 0.25) is 0 Å². The molecule has 2 heterocycles. The fourth-order valence-electron chi connectivity index (χ4n) is 9.37. The molecule has 2 aliphatic rings. The van der Waals surface area contributed by atoms with Gasteiger partial charge in [-0.2, -0.15) is 0 Å². The van der Waals surface area contributed by atoms with Crippen LogP contribution in [0, 0.1) is 0 Å². The average molecular weight is 669 g/mol. The number of para-hydroxylation sites is 1. The molecular formula is C50H36O2. The van der Waals surface area contributed by atoms with Gasteiger partial charge in [-0.05, 0) is 93.6 Å². The minimum atomic E-state index is 0.273. The van der Waals surface area contributed by atoms with Crippen LogP contribution in [-0.2, 0) is 6.42 Å². The second kappa shape index (κ2) is 11.7. The summed E-state index contributed by atoms with van der Waals surface area (Å²) >= 11 is 0. The van der Waals surface area contributed by atoms with E-state index in [1.165, 1.54) is 71.4 Å². The second-order valence-corrected chi connectivity index (χ2v) is 14.7. The minimum absolute atomic E-state index is 0.273. The SMILES string of the molecule is C1=C(c2ccc3oc4c(c3c2)CC(c2ccccc2)c2ccccc2-4)CC(c2cccc3oc4ccccc4c23)CC1c1ccc2ccccc2c1. The van der Waals surface area contributed by atoms with Crippen molar-refractivity contribution < 1.29 is 8.83 Å². The largest absolute Gasteiger partial charge is 0.456 e. The molecule has 0 saturated carbocycles. The zero-order valence-corrected chi connectivity index (χ0v) is 28.8. The Labute approximate surface area is 302 Å². The first-order chi connectivity index (χ1) is 25.7. The van der Waals surface area contributed by atoms with Gasteiger partial charge in [0.05, 0.1) is 0 Å². The molecule has 0 radical (unpaired) electrons. The van der Waals surface area contributed by atoms with Gasteiger partial charge in [-0.3, -0.25) is 0 Å². The van der Waals surface area contributed by atoms with Crippen molar-refractivity contribution in [3.05, 3.63) is 197 Å². The van der Waals surface area contributed by atoms with Gasteiger partial charge in [-0.25, -0.2) is 0 Å². The fourth-order valence-corrected chi connectivity index (χ4v) is 9.37. The van der Waals surface area contributed by atoms with Crippen LogP contribution in [0.2, 0.25) is 0 Å². The summed E-state index contributed by atoms with van der Waals surface area (Å²) in [6, 6.07) is 57.5. The summed E-state index contributed by atoms with van der Waals surface area (Å²) in [4.78, 5) is 0. The molecular weight excluding hydrogens is 633 g/mol. The van der Waals surface area contributed by atoms with E-state index in [1.807, 2.05) is 0 Å². The van der Waals surface area contributed by atoms with Crippen molar-refractivity contribution in [2.45, 2.75) is 37.0 Å². The molecule has 11 rings (SSSR count). The highest BCUT2D eigenvalue weighted by molar-refractivity contribution is 6.07. The highest BCUT2D eigenvalue weighted by Crippen LogP contribution is 2.50. The maximum atomic E-state index is 6.72. The predicted octanol–water partition coefficient (Wildman–Crippen LogP) is 13.6. The maximum Gasteiger partial charge on any atom is 0.138 e. The highest BCUT2D eigenvalue weighted by Gasteiger charge is 2.32. The molecule has 9 aromatic rings. The van der Waals surface area contributed by atoms with Gasteiger partial charge in [0.15, 0.2) is 0 Å². The standard InChI is InChI=1S/C50H36O2/c1-2-12-32(13-3-1)43-30-45-44-29-35(23-24-47(44)52-50(45)41-16-7-6-15-40(41)43)37-26-36(34-22-21-31-11-4-5-14-33(31)25-34)27-38(28-37)39-18-10-20-48-49(39)42-17-8-9-19-46(42)51-48/h1-26,29,36,38,43H,27-28,30H2. The molecule has 0 bridgehead atoms. The summed E-state index contributed by atoms with van der Waals surface area (Å²) in [6.07, 6.45) is 5.48. The van der Waals surface area contributed by atoms with E-state index in [9.17, 15) is 0 Å². The quantitative estimate of drug-likeness (QED) is 0.187. The average Bonchev–Trinajstić information content (AvgIpc) is 3.79. The van der Waals surface area contributed by atoms with E-state index in [2.05, 4.69) is 164 Å². The zero-order chi connectivity index (χ0) is 34.2. The zero-order valence-electron chi connectivity index (χ0n) is 28.8. The van der Waals surface area contributed by atoms with Crippen LogP contribution in [0.25, 0.3) is 60.6 Å². The molecule has 0 saturated heterocycles. The molecule has 0 fully saturated rings. The maximum absolute atomic E-state index is 6.72. The number of rotatable bonds is 4. The van der Waals surface area contributed by atoms with Crippen molar-refractivity contribution in [3.63, 3.8) is 0 Å². The Morgan fingerprint density at radius 1 is 0.500 bits per heavy atom. The van der Waals surface area contributed by atoms with E-state index in [0.29, 0.717) is 5.92 Å². The summed E-state index contributed by atoms with van der Waals surface area (Å²) < 4.78 is 13.1. The molecule has 248 valence electrons. The monoisotopic (exact) mass is 668 g/mol. The molecule has 2 aliphatic carbocycles. The van der Waals surface area contributed by atoms with Crippen molar-refractivity contribution in [1.82, 2.24) is 0 Å². The van der Waals surface area contributed by atoms with Crippen molar-refractivity contribution in [1.29, 1.82) is 0 Å². The molecule has 0 aliphatic heterocycles. The van der Waals surface area contributed by atoms with Crippen LogP contribution < -0.4 is 0 Å². The first kappa shape index (κ1) is 29.6. The number of benzene rings is 7. The lowest BCUT2D eigenvalue weighted by Gasteiger charge is -2.30. The van der Waals surface area contributed by atoms with E-state index >= 15 is 0 Å². The molecule has 7 aromatic carbocycles. The van der Waals surface area contributed by atoms with Crippen LogP contribution >= 0.6 is 0 Å². The molecule has 0 amide bonds. The van der Waals surface area contributed by atoms with E-state index in [-0.39, 0.29) is 11.8 Å². The van der Waals surface area contributed by atoms with Crippen LogP contribution in [0.3, 0.4) is 0 Å². The van der Waals surface area contributed by atoms with E-state index in [0.717, 1.165) is 41.8 Å². The summed E-state index contributed by atoms with van der Waals surface area (Å²) in [5.41, 5.74) is 13.5. The van der Waals surface area contributed by atoms with Gasteiger partial charge < -0.3 is 8.83 Å². The molecule has 2 aromatic heterocycles. The van der Waals surface area contributed by atoms with E-state index in [4.69, 9.17) is 8.83 Å². The second-order valence-electron chi connectivity index (χ2n) is 14.7. The van der Waals surface area contributed by atoms with Crippen LogP contribution in [0.4, 0.5) is 0 Å². The number of hydrogen-bond donors (Lipinski definition) is 0. The van der Waals surface area contributed by atoms with E-state index in [1.54, 1.807) is 0 Å². The molecule has 0 spiro atoms. The summed E-state index contributed by atoms with van der Waals surface area (Å²) in [5, 5.41) is 6.26. The molecule has 0 N–H and O–H groups in total. The molecule has 3 atom stereocenters. The summed E-state index contributed by atoms with van der Waals surface area (Å²) in [7, 11) is 0. The minimum Gasteiger partial charge on any atom is -0.456 e. The number of allylic oxidation sites excluding steroid dienone is 2. The van der Waals surface area contributed by atoms with Crippen LogP contribution in [0.5, 0.6) is 0 Å². The first-order valence-corrected chi connectivity index (χ1v) is 18.5. The molecule has 52 heavy (non-hydrogen) atoms. The number of fused-ring (bicyclic) bond motifs is 9. The third-order valence-electron chi connectivity index (χ3n) is 11.8. The van der Waals surface area contributed by atoms with Gasteiger partial charge in [-0.1, -0.05) is 140 Å². The summed E-state index contributed by atoms with van der Waals surface area (Å²) in [6.45, 7) is 0. The number of furan rings is 2. The first-order valence-electron chi connectivity index (χ1n) is 18.5. The van der Waals surface area contributed by atoms with Crippen molar-refractivity contribution in [2.75, 3.05) is 0 Å². The predicted molar refractivity (Wildman–Crippen MR) is 214 cm³/mol. The lowest BCUT2D eigenvalue weighted by molar-refractivity contribution is 0.578. The molecule has 3 unspecified atom stereocenters. The van der Waals surface area contributed by atoms with Gasteiger partial charge in [0.1, 0.15) is 22.5 Å². The van der Waals surface area contributed by atoms with E-state index < -0.39 is 0 Å². The third-order valence-corrected chi connectivity index (χ3v) is 11.8. The van der Waals surface area contributed by atoms with Gasteiger partial charge in [0.25, 0.3) is 0 Å². The Kier molecular flexibility index (Phi) is 6.67. The lowest BCUT2D eigenvalue weighted by Crippen LogP contribution is -2.13. The Morgan fingerprint density at radius 2 is 1.27 bits per heavy atom. The van der Waals surface area contributed by atoms with Crippen LogP contribution in [-0.4, -0.2) is 0 Å². The topological polar surface area (TPSA) is 26.3 Å². The van der Waals surface area contributed by atoms with Crippen molar-refractivity contribution >= 4 is 49.3 Å². The molecule has 2 heteroatoms. The van der Waals surface area contributed by atoms with Gasteiger partial charge >= 0.3 is 0 Å². The highest BCUT2D eigenvalue weighted by atomic mass is 16.3. The number of hydrogen-bond acceptors (Lipinski definition) is 2. The lowest BCUT2D eigenvalue weighted by atomic mass is 9.73. The fraction of sp³-hybridized carbons (Fsp3) is 0.120. The molecule has 2 nitrogen and oxygen atoms in total. The van der Waals surface area contributed by atoms with Crippen molar-refractivity contribution in [2.24, 2.45) is 0 Å². The smallest absolute Gasteiger partial charge is 0.138 e. The van der Waals surface area contributed by atoms with Gasteiger partial charge in [0, 0.05) is 39.1 Å². The summed E-state index contributed by atoms with van der Waals surface area (Å²) in [5.74, 6) is 1.91. The third kappa shape index (κ3) is 4.71. The van der Waals surface area contributed by atoms with Crippen LogP contribution in [0.15, 0.2) is 173 Å². The Morgan fingerprint density at radius 3 is 2.21 bits per heavy atom. The van der Waals surface area contributed by atoms with Gasteiger partial charge in [-0.15, -0.1) is 0 Å².